The smallest absolute Gasteiger partial charge is 0.358 e. The van der Waals surface area contributed by atoms with Crippen molar-refractivity contribution in [2.45, 2.75) is 44.6 Å². The van der Waals surface area contributed by atoms with Gasteiger partial charge in [0.1, 0.15) is 0 Å². The summed E-state index contributed by atoms with van der Waals surface area (Å²) in [4.78, 5) is 21.9. The summed E-state index contributed by atoms with van der Waals surface area (Å²) in [5.41, 5.74) is 6.61. The van der Waals surface area contributed by atoms with Crippen molar-refractivity contribution in [1.29, 1.82) is 0 Å². The van der Waals surface area contributed by atoms with Gasteiger partial charge in [-0.1, -0.05) is 0 Å². The summed E-state index contributed by atoms with van der Waals surface area (Å²) >= 11 is 0. The van der Waals surface area contributed by atoms with E-state index in [0.29, 0.717) is 11.7 Å². The Bertz CT molecular complexity index is 855. The Hall–Kier alpha value is -2.52. The first-order chi connectivity index (χ1) is 14.6. The average Bonchev–Trinajstić information content (AvgIpc) is 3.25. The van der Waals surface area contributed by atoms with Crippen molar-refractivity contribution in [2.75, 3.05) is 38.5 Å². The lowest BCUT2D eigenvalue weighted by atomic mass is 9.93. The molecule has 4 rings (SSSR count). The van der Waals surface area contributed by atoms with E-state index in [1.807, 2.05) is 10.9 Å². The number of rotatable bonds is 7. The highest BCUT2D eigenvalue weighted by Crippen LogP contribution is 2.26. The second kappa shape index (κ2) is 9.53. The molecule has 9 nitrogen and oxygen atoms in total. The fourth-order valence-corrected chi connectivity index (χ4v) is 4.55. The Morgan fingerprint density at radius 1 is 1.20 bits per heavy atom. The van der Waals surface area contributed by atoms with Crippen molar-refractivity contribution in [3.05, 3.63) is 24.3 Å². The zero-order chi connectivity index (χ0) is 20.9. The normalized spacial score (nSPS) is 19.2. The van der Waals surface area contributed by atoms with E-state index in [2.05, 4.69) is 25.3 Å². The van der Waals surface area contributed by atoms with Crippen molar-refractivity contribution in [1.82, 2.24) is 30.0 Å². The molecule has 30 heavy (non-hydrogen) atoms. The highest BCUT2D eigenvalue weighted by molar-refractivity contribution is 5.90. The average molecular weight is 414 g/mol. The van der Waals surface area contributed by atoms with Crippen LogP contribution in [-0.4, -0.2) is 68.4 Å². The molecule has 0 spiro atoms. The Morgan fingerprint density at radius 3 is 2.70 bits per heavy atom. The van der Waals surface area contributed by atoms with Crippen LogP contribution in [0.1, 0.15) is 55.1 Å². The first kappa shape index (κ1) is 20.7. The number of likely N-dealkylation sites (tertiary alicyclic amines) is 1. The van der Waals surface area contributed by atoms with Gasteiger partial charge in [0.05, 0.1) is 24.1 Å². The minimum atomic E-state index is -1.18. The number of nitrogens with two attached hydrogens (primary N) is 1. The fraction of sp³-hybridized carbons (Fsp3) is 0.619. The molecule has 4 N–H and O–H groups in total. The third kappa shape index (κ3) is 4.96. The zero-order valence-electron chi connectivity index (χ0n) is 17.3. The molecule has 4 heterocycles. The predicted molar refractivity (Wildman–Crippen MR) is 114 cm³/mol. The Labute approximate surface area is 176 Å². The quantitative estimate of drug-likeness (QED) is 0.630. The molecule has 0 amide bonds. The molecule has 0 atom stereocenters. The molecule has 9 heteroatoms. The van der Waals surface area contributed by atoms with Crippen LogP contribution in [0, 0.1) is 5.92 Å². The van der Waals surface area contributed by atoms with Crippen LogP contribution in [0.5, 0.6) is 0 Å². The van der Waals surface area contributed by atoms with Gasteiger partial charge in [-0.05, 0) is 64.1 Å². The predicted octanol–water partition coefficient (Wildman–Crippen LogP) is 2.04. The van der Waals surface area contributed by atoms with Crippen LogP contribution in [0.15, 0.2) is 18.6 Å². The number of nitrogens with zero attached hydrogens (tertiary/aromatic N) is 5. The van der Waals surface area contributed by atoms with E-state index in [-0.39, 0.29) is 11.5 Å². The third-order valence-corrected chi connectivity index (χ3v) is 6.38. The van der Waals surface area contributed by atoms with Gasteiger partial charge in [-0.15, -0.1) is 0 Å². The van der Waals surface area contributed by atoms with E-state index in [0.717, 1.165) is 37.4 Å². The molecule has 2 aromatic heterocycles. The number of hydrogen-bond donors (Lipinski definition) is 3. The van der Waals surface area contributed by atoms with E-state index in [1.54, 1.807) is 6.20 Å². The van der Waals surface area contributed by atoms with Crippen molar-refractivity contribution in [3.63, 3.8) is 0 Å². The zero-order valence-corrected chi connectivity index (χ0v) is 17.3. The molecule has 0 aromatic carbocycles. The molecular weight excluding hydrogens is 382 g/mol. The molecular formula is C21H31N7O2. The van der Waals surface area contributed by atoms with Gasteiger partial charge in [-0.3, -0.25) is 4.68 Å². The maximum atomic E-state index is 11.2. The van der Waals surface area contributed by atoms with Gasteiger partial charge in [-0.25, -0.2) is 14.8 Å². The summed E-state index contributed by atoms with van der Waals surface area (Å²) in [7, 11) is 0. The van der Waals surface area contributed by atoms with Crippen LogP contribution >= 0.6 is 0 Å². The number of piperidine rings is 2. The largest absolute Gasteiger partial charge is 0.476 e. The first-order valence-electron chi connectivity index (χ1n) is 10.9. The maximum absolute atomic E-state index is 11.2. The molecule has 2 fully saturated rings. The van der Waals surface area contributed by atoms with Gasteiger partial charge < -0.3 is 21.1 Å². The van der Waals surface area contributed by atoms with E-state index in [9.17, 15) is 9.90 Å². The van der Waals surface area contributed by atoms with Gasteiger partial charge in [0.25, 0.3) is 0 Å². The molecule has 2 aliphatic rings. The lowest BCUT2D eigenvalue weighted by Crippen LogP contribution is -2.35. The topological polar surface area (TPSA) is 122 Å². The Balaban J connectivity index is 1.28. The van der Waals surface area contributed by atoms with Crippen molar-refractivity contribution >= 4 is 11.8 Å². The van der Waals surface area contributed by atoms with Crippen LogP contribution in [0.25, 0.3) is 11.3 Å². The van der Waals surface area contributed by atoms with Crippen LogP contribution in [0.2, 0.25) is 0 Å². The SMILES string of the molecule is Nc1ncc(-c2cnn(C3CCN(CCCC4CCNCC4)CC3)c2)nc1C(=O)O. The van der Waals surface area contributed by atoms with Crippen LogP contribution < -0.4 is 11.1 Å². The second-order valence-corrected chi connectivity index (χ2v) is 8.41. The molecule has 0 bridgehead atoms. The number of hydrogen-bond acceptors (Lipinski definition) is 7. The summed E-state index contributed by atoms with van der Waals surface area (Å²) in [6, 6.07) is 0.361. The second-order valence-electron chi connectivity index (χ2n) is 8.41. The molecule has 162 valence electrons. The number of carboxylic acids is 1. The maximum Gasteiger partial charge on any atom is 0.358 e. The van der Waals surface area contributed by atoms with E-state index < -0.39 is 5.97 Å². The van der Waals surface area contributed by atoms with E-state index in [4.69, 9.17) is 5.73 Å². The summed E-state index contributed by atoms with van der Waals surface area (Å²) in [6.07, 6.45) is 12.6. The van der Waals surface area contributed by atoms with Crippen molar-refractivity contribution in [3.8, 4) is 11.3 Å². The minimum absolute atomic E-state index is 0.0776. The van der Waals surface area contributed by atoms with E-state index >= 15 is 0 Å². The number of aromatic carboxylic acids is 1. The molecule has 0 unspecified atom stereocenters. The summed E-state index contributed by atoms with van der Waals surface area (Å²) in [6.45, 7) is 5.75. The summed E-state index contributed by atoms with van der Waals surface area (Å²) in [5, 5.41) is 17.1. The number of carbonyl (C=O) groups is 1. The molecule has 2 saturated heterocycles. The number of nitrogens with one attached hydrogen (secondary N) is 1. The third-order valence-electron chi connectivity index (χ3n) is 6.38. The highest BCUT2D eigenvalue weighted by Gasteiger charge is 2.22. The Morgan fingerprint density at radius 2 is 1.97 bits per heavy atom. The molecule has 2 aliphatic heterocycles. The van der Waals surface area contributed by atoms with Gasteiger partial charge in [0.2, 0.25) is 0 Å². The van der Waals surface area contributed by atoms with Crippen molar-refractivity contribution in [2.24, 2.45) is 5.92 Å². The lowest BCUT2D eigenvalue weighted by molar-refractivity contribution is 0.0691. The summed E-state index contributed by atoms with van der Waals surface area (Å²) in [5.74, 6) is -0.350. The fourth-order valence-electron chi connectivity index (χ4n) is 4.55. The monoisotopic (exact) mass is 413 g/mol. The molecule has 0 radical (unpaired) electrons. The number of aromatic nitrogens is 4. The van der Waals surface area contributed by atoms with Crippen LogP contribution in [0.4, 0.5) is 5.82 Å². The summed E-state index contributed by atoms with van der Waals surface area (Å²) < 4.78 is 1.99. The van der Waals surface area contributed by atoms with Crippen LogP contribution in [-0.2, 0) is 0 Å². The number of anilines is 1. The van der Waals surface area contributed by atoms with Gasteiger partial charge in [0.15, 0.2) is 11.5 Å². The Kier molecular flexibility index (Phi) is 6.59. The molecule has 0 aliphatic carbocycles. The lowest BCUT2D eigenvalue weighted by Gasteiger charge is -2.32. The minimum Gasteiger partial charge on any atom is -0.476 e. The number of nitrogen functional groups attached to an aromatic ring is 1. The highest BCUT2D eigenvalue weighted by atomic mass is 16.4. The molecule has 0 saturated carbocycles. The van der Waals surface area contributed by atoms with Crippen LogP contribution in [0.3, 0.4) is 0 Å². The first-order valence-corrected chi connectivity index (χ1v) is 10.9. The van der Waals surface area contributed by atoms with Gasteiger partial charge in [-0.2, -0.15) is 5.10 Å². The van der Waals surface area contributed by atoms with Crippen molar-refractivity contribution < 1.29 is 9.90 Å². The van der Waals surface area contributed by atoms with E-state index in [1.165, 1.54) is 51.5 Å². The van der Waals surface area contributed by atoms with Gasteiger partial charge in [0, 0.05) is 24.8 Å². The number of carboxylic acid groups (broad SMARTS) is 1. The standard InChI is InChI=1S/C21H31N7O2/c22-20-19(21(29)30)26-18(13-24-20)16-12-25-28(14-16)17-5-10-27(11-6-17)9-1-2-15-3-7-23-8-4-15/h12-15,17,23H,1-11H2,(H2,22,24)(H,29,30). The van der Waals surface area contributed by atoms with Gasteiger partial charge >= 0.3 is 5.97 Å². The molecule has 2 aromatic rings.